The second-order valence-electron chi connectivity index (χ2n) is 3.55. The molecule has 0 aliphatic rings. The predicted octanol–water partition coefficient (Wildman–Crippen LogP) is 2.95. The van der Waals surface area contributed by atoms with Crippen LogP contribution in [0.3, 0.4) is 0 Å². The molecule has 2 atom stereocenters. The molecule has 0 rings (SSSR count). The second kappa shape index (κ2) is 9.30. The number of halogens is 1. The fraction of sp³-hybridized carbons (Fsp3) is 1.00. The Morgan fingerprint density at radius 2 is 1.35 bits per heavy atom. The van der Waals surface area contributed by atoms with Crippen molar-refractivity contribution in [3.63, 3.8) is 0 Å². The van der Waals surface area contributed by atoms with Crippen LogP contribution < -0.4 is 0 Å². The van der Waals surface area contributed by atoms with Gasteiger partial charge in [0.15, 0.2) is 0 Å². The molecule has 0 N–H and O–H groups in total. The quantitative estimate of drug-likeness (QED) is 0.457. The van der Waals surface area contributed by atoms with E-state index >= 15 is 0 Å². The first-order valence-corrected chi connectivity index (χ1v) is 8.35. The highest BCUT2D eigenvalue weighted by Gasteiger charge is 2.47. The maximum Gasteiger partial charge on any atom is 0.679 e. The van der Waals surface area contributed by atoms with Gasteiger partial charge in [0.05, 0.1) is 11.5 Å². The molecule has 0 saturated carbocycles. The highest BCUT2D eigenvalue weighted by molar-refractivity contribution is 6.53. The van der Waals surface area contributed by atoms with Crippen LogP contribution in [0.2, 0.25) is 0 Å². The van der Waals surface area contributed by atoms with Crippen LogP contribution >= 0.6 is 11.6 Å². The summed E-state index contributed by atoms with van der Waals surface area (Å²) in [6.07, 6.45) is 0.676. The molecule has 0 aliphatic carbocycles. The van der Waals surface area contributed by atoms with E-state index in [1.54, 1.807) is 0 Å². The minimum atomic E-state index is -3.02. The summed E-state index contributed by atoms with van der Waals surface area (Å²) in [5, 5.41) is -0.0664. The van der Waals surface area contributed by atoms with Crippen molar-refractivity contribution in [2.24, 2.45) is 0 Å². The summed E-state index contributed by atoms with van der Waals surface area (Å²) >= 11 is 6.15. The molecule has 0 aromatic rings. The van der Waals surface area contributed by atoms with Gasteiger partial charge >= 0.3 is 9.05 Å². The van der Waals surface area contributed by atoms with E-state index in [-0.39, 0.29) is 11.5 Å². The number of alkyl halides is 1. The van der Waals surface area contributed by atoms with E-state index in [1.807, 2.05) is 34.6 Å². The molecule has 0 bridgehead atoms. The van der Waals surface area contributed by atoms with E-state index in [0.29, 0.717) is 19.8 Å². The van der Waals surface area contributed by atoms with Gasteiger partial charge in [0.1, 0.15) is 0 Å². The molecule has 6 heteroatoms. The van der Waals surface area contributed by atoms with Crippen molar-refractivity contribution in [3.8, 4) is 0 Å². The first-order valence-electron chi connectivity index (χ1n) is 6.28. The summed E-state index contributed by atoms with van der Waals surface area (Å²) in [5.74, 6) is 0. The molecule has 4 nitrogen and oxygen atoms in total. The molecule has 2 unspecified atom stereocenters. The van der Waals surface area contributed by atoms with Crippen LogP contribution in [0.5, 0.6) is 0 Å². The highest BCUT2D eigenvalue weighted by atomic mass is 35.5. The lowest BCUT2D eigenvalue weighted by Gasteiger charge is -2.31. The van der Waals surface area contributed by atoms with Crippen molar-refractivity contribution in [3.05, 3.63) is 0 Å². The van der Waals surface area contributed by atoms with Crippen LogP contribution in [0, 0.1) is 0 Å². The molecular formula is C11H25ClO4Si. The van der Waals surface area contributed by atoms with Gasteiger partial charge in [-0.1, -0.05) is 6.92 Å². The normalized spacial score (nSPS) is 15.9. The summed E-state index contributed by atoms with van der Waals surface area (Å²) in [6.45, 7) is 11.1. The Morgan fingerprint density at radius 1 is 0.941 bits per heavy atom. The Kier molecular flexibility index (Phi) is 9.49. The smallest absolute Gasteiger partial charge is 0.351 e. The average Bonchev–Trinajstić information content (AvgIpc) is 2.28. The topological polar surface area (TPSA) is 36.9 Å². The van der Waals surface area contributed by atoms with Gasteiger partial charge in [-0.25, -0.2) is 0 Å². The Bertz CT molecular complexity index is 177. The van der Waals surface area contributed by atoms with Gasteiger partial charge in [-0.2, -0.15) is 0 Å². The number of hydrogen-bond acceptors (Lipinski definition) is 4. The Labute approximate surface area is 111 Å². The van der Waals surface area contributed by atoms with Crippen LogP contribution in [0.1, 0.15) is 41.0 Å². The molecular weight excluding hydrogens is 260 g/mol. The standard InChI is InChI=1S/C11H25ClO4Si/c1-6-11(12)10(5)16-17(13-7-2,14-8-3)15-9-4/h10-11H,6-9H2,1-5H3. The highest BCUT2D eigenvalue weighted by Crippen LogP contribution is 2.19. The molecule has 0 saturated heterocycles. The first-order chi connectivity index (χ1) is 8.05. The van der Waals surface area contributed by atoms with E-state index in [2.05, 4.69) is 0 Å². The average molecular weight is 285 g/mol. The SMILES string of the molecule is CCO[Si](OCC)(OCC)OC(C)C(Cl)CC. The molecule has 0 amide bonds. The Morgan fingerprint density at radius 3 is 1.65 bits per heavy atom. The van der Waals surface area contributed by atoms with Gasteiger partial charge in [-0.05, 0) is 34.1 Å². The third-order valence-corrected chi connectivity index (χ3v) is 5.44. The third kappa shape index (κ3) is 6.17. The minimum absolute atomic E-state index is 0.0664. The van der Waals surface area contributed by atoms with Crippen molar-refractivity contribution < 1.29 is 17.7 Å². The lowest BCUT2D eigenvalue weighted by Crippen LogP contribution is -2.52. The fourth-order valence-corrected chi connectivity index (χ4v) is 3.66. The van der Waals surface area contributed by atoms with Crippen LogP contribution in [0.25, 0.3) is 0 Å². The minimum Gasteiger partial charge on any atom is -0.351 e. The largest absolute Gasteiger partial charge is 0.679 e. The molecule has 104 valence electrons. The van der Waals surface area contributed by atoms with Gasteiger partial charge in [-0.15, -0.1) is 11.6 Å². The van der Waals surface area contributed by atoms with E-state index in [1.165, 1.54) is 0 Å². The van der Waals surface area contributed by atoms with Crippen LogP contribution in [0.15, 0.2) is 0 Å². The second-order valence-corrected chi connectivity index (χ2v) is 6.21. The molecule has 0 aromatic heterocycles. The zero-order valence-electron chi connectivity index (χ0n) is 11.5. The monoisotopic (exact) mass is 284 g/mol. The summed E-state index contributed by atoms with van der Waals surface area (Å²) in [6, 6.07) is 0. The lowest BCUT2D eigenvalue weighted by atomic mass is 10.2. The molecule has 17 heavy (non-hydrogen) atoms. The van der Waals surface area contributed by atoms with Gasteiger partial charge in [0, 0.05) is 19.8 Å². The first kappa shape index (κ1) is 17.3. The zero-order chi connectivity index (χ0) is 13.3. The van der Waals surface area contributed by atoms with Gasteiger partial charge < -0.3 is 17.7 Å². The maximum absolute atomic E-state index is 6.15. The third-order valence-electron chi connectivity index (χ3n) is 2.19. The van der Waals surface area contributed by atoms with Crippen molar-refractivity contribution in [1.82, 2.24) is 0 Å². The molecule has 0 spiro atoms. The number of hydrogen-bond donors (Lipinski definition) is 0. The summed E-state index contributed by atoms with van der Waals surface area (Å²) in [7, 11) is -3.02. The Balaban J connectivity index is 4.62. The van der Waals surface area contributed by atoms with E-state index in [0.717, 1.165) is 6.42 Å². The molecule has 0 fully saturated rings. The van der Waals surface area contributed by atoms with E-state index in [4.69, 9.17) is 29.3 Å². The van der Waals surface area contributed by atoms with Crippen molar-refractivity contribution in [2.45, 2.75) is 52.5 Å². The predicted molar refractivity (Wildman–Crippen MR) is 71.1 cm³/mol. The molecule has 0 heterocycles. The lowest BCUT2D eigenvalue weighted by molar-refractivity contribution is -0.0470. The molecule has 0 radical (unpaired) electrons. The number of rotatable bonds is 10. The van der Waals surface area contributed by atoms with Crippen molar-refractivity contribution >= 4 is 20.6 Å². The van der Waals surface area contributed by atoms with Crippen LogP contribution in [-0.2, 0) is 17.7 Å². The van der Waals surface area contributed by atoms with E-state index in [9.17, 15) is 0 Å². The molecule has 0 aliphatic heterocycles. The summed E-state index contributed by atoms with van der Waals surface area (Å²) < 4.78 is 22.6. The summed E-state index contributed by atoms with van der Waals surface area (Å²) in [4.78, 5) is 0. The van der Waals surface area contributed by atoms with Crippen LogP contribution in [0.4, 0.5) is 0 Å². The summed E-state index contributed by atoms with van der Waals surface area (Å²) in [5.41, 5.74) is 0. The fourth-order valence-electron chi connectivity index (χ4n) is 1.39. The van der Waals surface area contributed by atoms with Crippen molar-refractivity contribution in [1.29, 1.82) is 0 Å². The molecule has 0 aromatic carbocycles. The maximum atomic E-state index is 6.15. The van der Waals surface area contributed by atoms with Crippen LogP contribution in [-0.4, -0.2) is 40.3 Å². The van der Waals surface area contributed by atoms with E-state index < -0.39 is 9.05 Å². The zero-order valence-corrected chi connectivity index (χ0v) is 13.3. The van der Waals surface area contributed by atoms with Gasteiger partial charge in [-0.3, -0.25) is 0 Å². The van der Waals surface area contributed by atoms with Gasteiger partial charge in [0.25, 0.3) is 0 Å². The van der Waals surface area contributed by atoms with Crippen molar-refractivity contribution in [2.75, 3.05) is 19.8 Å². The van der Waals surface area contributed by atoms with Gasteiger partial charge in [0.2, 0.25) is 0 Å². The Hall–Kier alpha value is 0.347.